The van der Waals surface area contributed by atoms with E-state index in [0.29, 0.717) is 0 Å². The van der Waals surface area contributed by atoms with Crippen molar-refractivity contribution < 1.29 is 4.74 Å². The molecule has 1 aromatic carbocycles. The van der Waals surface area contributed by atoms with Gasteiger partial charge in [-0.15, -0.1) is 0 Å². The summed E-state index contributed by atoms with van der Waals surface area (Å²) in [6.07, 6.45) is 2.36. The number of hydrogen-bond donors (Lipinski definition) is 1. The second-order valence-electron chi connectivity index (χ2n) is 5.66. The first-order chi connectivity index (χ1) is 8.52. The highest BCUT2D eigenvalue weighted by atomic mass is 16.5. The van der Waals surface area contributed by atoms with E-state index in [0.717, 1.165) is 31.7 Å². The number of anilines is 1. The molecule has 3 nitrogen and oxygen atoms in total. The molecular formula is C15H24N2O. The van der Waals surface area contributed by atoms with Crippen molar-refractivity contribution in [3.63, 3.8) is 0 Å². The summed E-state index contributed by atoms with van der Waals surface area (Å²) in [6.45, 7) is 7.41. The van der Waals surface area contributed by atoms with Crippen LogP contribution < -0.4 is 5.73 Å². The van der Waals surface area contributed by atoms with Crippen LogP contribution in [0.15, 0.2) is 18.2 Å². The summed E-state index contributed by atoms with van der Waals surface area (Å²) in [5.41, 5.74) is 9.24. The summed E-state index contributed by atoms with van der Waals surface area (Å²) in [4.78, 5) is 2.47. The average Bonchev–Trinajstić information content (AvgIpc) is 2.34. The molecule has 1 aromatic rings. The second-order valence-corrected chi connectivity index (χ2v) is 5.66. The van der Waals surface area contributed by atoms with Crippen LogP contribution in [0.2, 0.25) is 0 Å². The van der Waals surface area contributed by atoms with Crippen LogP contribution in [0.25, 0.3) is 0 Å². The van der Waals surface area contributed by atoms with Gasteiger partial charge in [0.05, 0.1) is 5.60 Å². The topological polar surface area (TPSA) is 38.5 Å². The number of nitrogens with two attached hydrogens (primary N) is 1. The van der Waals surface area contributed by atoms with Gasteiger partial charge in [-0.25, -0.2) is 0 Å². The molecule has 1 unspecified atom stereocenters. The Bertz CT molecular complexity index is 419. The van der Waals surface area contributed by atoms with Crippen LogP contribution in [0.3, 0.4) is 0 Å². The molecule has 1 atom stereocenters. The lowest BCUT2D eigenvalue weighted by Crippen LogP contribution is -2.46. The van der Waals surface area contributed by atoms with Gasteiger partial charge in [0.15, 0.2) is 0 Å². The predicted molar refractivity (Wildman–Crippen MR) is 75.5 cm³/mol. The zero-order chi connectivity index (χ0) is 13.2. The molecule has 1 aliphatic heterocycles. The fourth-order valence-electron chi connectivity index (χ4n) is 2.70. The third-order valence-electron chi connectivity index (χ3n) is 3.97. The van der Waals surface area contributed by atoms with Crippen LogP contribution in [-0.2, 0) is 11.3 Å². The van der Waals surface area contributed by atoms with Crippen molar-refractivity contribution in [1.82, 2.24) is 4.90 Å². The first-order valence-electron chi connectivity index (χ1n) is 6.65. The maximum atomic E-state index is 5.85. The molecule has 0 radical (unpaired) electrons. The number of nitrogens with zero attached hydrogens (tertiary/aromatic N) is 1. The van der Waals surface area contributed by atoms with Crippen LogP contribution in [0.4, 0.5) is 5.69 Å². The van der Waals surface area contributed by atoms with E-state index in [1.807, 2.05) is 13.2 Å². The summed E-state index contributed by atoms with van der Waals surface area (Å²) >= 11 is 0. The maximum absolute atomic E-state index is 5.85. The van der Waals surface area contributed by atoms with Crippen molar-refractivity contribution in [2.75, 3.05) is 25.9 Å². The fourth-order valence-corrected chi connectivity index (χ4v) is 2.70. The number of methoxy groups -OCH3 is 1. The highest BCUT2D eigenvalue weighted by molar-refractivity contribution is 5.47. The molecule has 1 heterocycles. The Morgan fingerprint density at radius 1 is 1.44 bits per heavy atom. The van der Waals surface area contributed by atoms with E-state index < -0.39 is 0 Å². The highest BCUT2D eigenvalue weighted by Crippen LogP contribution is 2.25. The van der Waals surface area contributed by atoms with E-state index in [9.17, 15) is 0 Å². The van der Waals surface area contributed by atoms with E-state index in [-0.39, 0.29) is 5.60 Å². The molecule has 100 valence electrons. The average molecular weight is 248 g/mol. The summed E-state index contributed by atoms with van der Waals surface area (Å²) < 4.78 is 5.63. The summed E-state index contributed by atoms with van der Waals surface area (Å²) in [6, 6.07) is 6.32. The van der Waals surface area contributed by atoms with Gasteiger partial charge >= 0.3 is 0 Å². The molecule has 1 aliphatic rings. The van der Waals surface area contributed by atoms with Gasteiger partial charge in [-0.2, -0.15) is 0 Å². The summed E-state index contributed by atoms with van der Waals surface area (Å²) in [7, 11) is 1.82. The molecule has 0 spiro atoms. The number of likely N-dealkylation sites (tertiary alicyclic amines) is 1. The van der Waals surface area contributed by atoms with Crippen molar-refractivity contribution >= 4 is 5.69 Å². The van der Waals surface area contributed by atoms with E-state index in [4.69, 9.17) is 10.5 Å². The van der Waals surface area contributed by atoms with Crippen molar-refractivity contribution in [1.29, 1.82) is 0 Å². The van der Waals surface area contributed by atoms with Crippen molar-refractivity contribution in [2.24, 2.45) is 0 Å². The Labute approximate surface area is 110 Å². The number of nitrogen functional groups attached to an aromatic ring is 1. The standard InChI is InChI=1S/C15H24N2O/c1-12-9-13(5-6-14(12)16)10-17-8-4-7-15(2,11-17)18-3/h5-6,9H,4,7-8,10-11,16H2,1-3H3. The Morgan fingerprint density at radius 3 is 2.89 bits per heavy atom. The van der Waals surface area contributed by atoms with Gasteiger partial charge in [0.25, 0.3) is 0 Å². The van der Waals surface area contributed by atoms with Gasteiger partial charge in [0.1, 0.15) is 0 Å². The van der Waals surface area contributed by atoms with Gasteiger partial charge in [-0.05, 0) is 50.4 Å². The van der Waals surface area contributed by atoms with E-state index >= 15 is 0 Å². The van der Waals surface area contributed by atoms with Gasteiger partial charge in [-0.3, -0.25) is 4.90 Å². The molecule has 18 heavy (non-hydrogen) atoms. The van der Waals surface area contributed by atoms with Gasteiger partial charge in [-0.1, -0.05) is 12.1 Å². The van der Waals surface area contributed by atoms with Gasteiger partial charge in [0, 0.05) is 25.9 Å². The third kappa shape index (κ3) is 3.03. The lowest BCUT2D eigenvalue weighted by molar-refractivity contribution is -0.0527. The molecule has 3 heteroatoms. The third-order valence-corrected chi connectivity index (χ3v) is 3.97. The minimum atomic E-state index is 0.0150. The number of piperidine rings is 1. The van der Waals surface area contributed by atoms with Gasteiger partial charge < -0.3 is 10.5 Å². The molecule has 2 rings (SSSR count). The number of hydrogen-bond acceptors (Lipinski definition) is 3. The first kappa shape index (κ1) is 13.4. The summed E-state index contributed by atoms with van der Waals surface area (Å²) in [5, 5.41) is 0. The Kier molecular flexibility index (Phi) is 3.93. The first-order valence-corrected chi connectivity index (χ1v) is 6.65. The zero-order valence-corrected chi connectivity index (χ0v) is 11.7. The second kappa shape index (κ2) is 5.29. The minimum Gasteiger partial charge on any atom is -0.399 e. The predicted octanol–water partition coefficient (Wildman–Crippen LogP) is 2.58. The molecule has 2 N–H and O–H groups in total. The molecule has 0 amide bonds. The van der Waals surface area contributed by atoms with Crippen LogP contribution in [0.5, 0.6) is 0 Å². The normalized spacial score (nSPS) is 25.3. The molecule has 1 saturated heterocycles. The SMILES string of the molecule is COC1(C)CCCN(Cc2ccc(N)c(C)c2)C1. The molecule has 0 aromatic heterocycles. The molecule has 0 bridgehead atoms. The Balaban J connectivity index is 2.02. The quantitative estimate of drug-likeness (QED) is 0.836. The van der Waals surface area contributed by atoms with E-state index in [2.05, 4.69) is 30.9 Å². The monoisotopic (exact) mass is 248 g/mol. The van der Waals surface area contributed by atoms with Crippen LogP contribution in [0, 0.1) is 6.92 Å². The zero-order valence-electron chi connectivity index (χ0n) is 11.7. The minimum absolute atomic E-state index is 0.0150. The highest BCUT2D eigenvalue weighted by Gasteiger charge is 2.30. The lowest BCUT2D eigenvalue weighted by atomic mass is 9.94. The van der Waals surface area contributed by atoms with Gasteiger partial charge in [0.2, 0.25) is 0 Å². The van der Waals surface area contributed by atoms with E-state index in [1.54, 1.807) is 0 Å². The number of aryl methyl sites for hydroxylation is 1. The fraction of sp³-hybridized carbons (Fsp3) is 0.600. The van der Waals surface area contributed by atoms with Crippen LogP contribution in [0.1, 0.15) is 30.9 Å². The van der Waals surface area contributed by atoms with Crippen molar-refractivity contribution in [2.45, 2.75) is 38.8 Å². The largest absolute Gasteiger partial charge is 0.399 e. The maximum Gasteiger partial charge on any atom is 0.0777 e. The number of ether oxygens (including phenoxy) is 1. The molecule has 0 saturated carbocycles. The molecule has 1 fully saturated rings. The Hall–Kier alpha value is -1.06. The molecular weight excluding hydrogens is 224 g/mol. The van der Waals surface area contributed by atoms with Crippen LogP contribution in [-0.4, -0.2) is 30.7 Å². The van der Waals surface area contributed by atoms with E-state index in [1.165, 1.54) is 17.5 Å². The van der Waals surface area contributed by atoms with Crippen LogP contribution >= 0.6 is 0 Å². The van der Waals surface area contributed by atoms with Crippen molar-refractivity contribution in [3.05, 3.63) is 29.3 Å². The number of benzene rings is 1. The summed E-state index contributed by atoms with van der Waals surface area (Å²) in [5.74, 6) is 0. The smallest absolute Gasteiger partial charge is 0.0777 e. The molecule has 0 aliphatic carbocycles. The van der Waals surface area contributed by atoms with Crippen molar-refractivity contribution in [3.8, 4) is 0 Å². The number of rotatable bonds is 3. The Morgan fingerprint density at radius 2 is 2.22 bits per heavy atom. The lowest BCUT2D eigenvalue weighted by Gasteiger charge is -2.39.